The largest absolute Gasteiger partial charge is 0.492 e. The highest BCUT2D eigenvalue weighted by Gasteiger charge is 2.26. The summed E-state index contributed by atoms with van der Waals surface area (Å²) in [5, 5.41) is 9.57. The fraction of sp³-hybridized carbons (Fsp3) is 0.647. The minimum Gasteiger partial charge on any atom is -0.492 e. The van der Waals surface area contributed by atoms with Crippen molar-refractivity contribution >= 4 is 0 Å². The van der Waals surface area contributed by atoms with E-state index in [0.717, 1.165) is 39.1 Å². The van der Waals surface area contributed by atoms with Crippen molar-refractivity contribution in [2.24, 2.45) is 0 Å². The van der Waals surface area contributed by atoms with Crippen LogP contribution in [-0.2, 0) is 0 Å². The van der Waals surface area contributed by atoms with Crippen LogP contribution in [0.2, 0.25) is 0 Å². The number of aliphatic hydroxyl groups is 1. The van der Waals surface area contributed by atoms with E-state index in [2.05, 4.69) is 16.7 Å². The molecule has 1 fully saturated rings. The third kappa shape index (κ3) is 5.23. The lowest BCUT2D eigenvalue weighted by molar-refractivity contribution is 0.0322. The van der Waals surface area contributed by atoms with E-state index >= 15 is 0 Å². The maximum atomic E-state index is 13.1. The smallest absolute Gasteiger partial charge is 0.126 e. The fourth-order valence-electron chi connectivity index (χ4n) is 2.98. The molecule has 0 bridgehead atoms. The molecule has 0 spiro atoms. The Morgan fingerprint density at radius 1 is 1.41 bits per heavy atom. The number of halogens is 1. The summed E-state index contributed by atoms with van der Waals surface area (Å²) < 4.78 is 18.7. The van der Waals surface area contributed by atoms with E-state index in [-0.39, 0.29) is 11.9 Å². The zero-order valence-corrected chi connectivity index (χ0v) is 13.5. The van der Waals surface area contributed by atoms with E-state index in [1.54, 1.807) is 12.1 Å². The van der Waals surface area contributed by atoms with Gasteiger partial charge in [-0.15, -0.1) is 0 Å². The van der Waals surface area contributed by atoms with Gasteiger partial charge < -0.3 is 9.84 Å². The molecule has 1 aliphatic heterocycles. The summed E-state index contributed by atoms with van der Waals surface area (Å²) in [5.41, 5.74) is 0. The molecule has 124 valence electrons. The molecule has 1 saturated heterocycles. The normalized spacial score (nSPS) is 21.7. The summed E-state index contributed by atoms with van der Waals surface area (Å²) in [5.74, 6) is 0.315. The van der Waals surface area contributed by atoms with Crippen LogP contribution in [0.25, 0.3) is 0 Å². The van der Waals surface area contributed by atoms with Crippen molar-refractivity contribution in [2.45, 2.75) is 32.4 Å². The van der Waals surface area contributed by atoms with Crippen molar-refractivity contribution in [3.8, 4) is 5.75 Å². The molecule has 1 N–H and O–H groups in total. The summed E-state index contributed by atoms with van der Waals surface area (Å²) >= 11 is 0. The second-order valence-electron chi connectivity index (χ2n) is 6.01. The SMILES string of the molecule is CCC1CN(CCOc2cccc(F)c2)CCN1CC(C)O. The standard InChI is InChI=1S/C17H27FN2O2/c1-3-16-13-19(7-8-20(16)12-14(2)21)9-10-22-17-6-4-5-15(18)11-17/h4-6,11,14,16,21H,3,7-10,12-13H2,1-2H3. The number of hydrogen-bond donors (Lipinski definition) is 1. The molecule has 0 aromatic heterocycles. The van der Waals surface area contributed by atoms with Crippen LogP contribution in [0.3, 0.4) is 0 Å². The van der Waals surface area contributed by atoms with Crippen LogP contribution < -0.4 is 4.74 Å². The fourth-order valence-corrected chi connectivity index (χ4v) is 2.98. The second kappa shape index (κ2) is 8.46. The molecule has 1 aromatic rings. The Morgan fingerprint density at radius 2 is 2.23 bits per heavy atom. The van der Waals surface area contributed by atoms with E-state index in [0.29, 0.717) is 18.4 Å². The monoisotopic (exact) mass is 310 g/mol. The molecule has 2 rings (SSSR count). The highest BCUT2D eigenvalue weighted by atomic mass is 19.1. The first kappa shape index (κ1) is 17.2. The molecule has 0 aliphatic carbocycles. The van der Waals surface area contributed by atoms with Crippen LogP contribution in [0.1, 0.15) is 20.3 Å². The van der Waals surface area contributed by atoms with Crippen molar-refractivity contribution in [3.05, 3.63) is 30.1 Å². The lowest BCUT2D eigenvalue weighted by Gasteiger charge is -2.41. The maximum Gasteiger partial charge on any atom is 0.126 e. The Balaban J connectivity index is 1.75. The summed E-state index contributed by atoms with van der Waals surface area (Å²) in [4.78, 5) is 4.75. The molecule has 22 heavy (non-hydrogen) atoms. The van der Waals surface area contributed by atoms with Gasteiger partial charge in [0.05, 0.1) is 6.10 Å². The van der Waals surface area contributed by atoms with Crippen LogP contribution in [0.5, 0.6) is 5.75 Å². The summed E-state index contributed by atoms with van der Waals surface area (Å²) in [7, 11) is 0. The van der Waals surface area contributed by atoms with Gasteiger partial charge >= 0.3 is 0 Å². The van der Waals surface area contributed by atoms with Crippen molar-refractivity contribution < 1.29 is 14.2 Å². The highest BCUT2D eigenvalue weighted by Crippen LogP contribution is 2.15. The van der Waals surface area contributed by atoms with E-state index in [9.17, 15) is 9.50 Å². The van der Waals surface area contributed by atoms with Gasteiger partial charge in [-0.3, -0.25) is 9.80 Å². The Morgan fingerprint density at radius 3 is 2.91 bits per heavy atom. The number of β-amino-alcohol motifs (C(OH)–C–C–N with tert-alkyl or cyclic N) is 1. The van der Waals surface area contributed by atoms with Gasteiger partial charge in [-0.2, -0.15) is 0 Å². The zero-order chi connectivity index (χ0) is 15.9. The van der Waals surface area contributed by atoms with Gasteiger partial charge in [0.25, 0.3) is 0 Å². The first-order chi connectivity index (χ1) is 10.6. The van der Waals surface area contributed by atoms with Crippen molar-refractivity contribution in [1.82, 2.24) is 9.80 Å². The lowest BCUT2D eigenvalue weighted by Crippen LogP contribution is -2.55. The number of rotatable bonds is 7. The number of benzene rings is 1. The third-order valence-corrected chi connectivity index (χ3v) is 4.13. The average Bonchev–Trinajstić information content (AvgIpc) is 2.48. The van der Waals surface area contributed by atoms with Crippen molar-refractivity contribution in [2.75, 3.05) is 39.3 Å². The lowest BCUT2D eigenvalue weighted by atomic mass is 10.1. The molecule has 0 amide bonds. The van der Waals surface area contributed by atoms with Gasteiger partial charge in [0, 0.05) is 44.8 Å². The molecular formula is C17H27FN2O2. The van der Waals surface area contributed by atoms with Gasteiger partial charge in [0.2, 0.25) is 0 Å². The van der Waals surface area contributed by atoms with Gasteiger partial charge in [0.1, 0.15) is 18.2 Å². The Kier molecular flexibility index (Phi) is 6.61. The molecule has 1 aliphatic rings. The third-order valence-electron chi connectivity index (χ3n) is 4.13. The molecule has 0 saturated carbocycles. The number of hydrogen-bond acceptors (Lipinski definition) is 4. The zero-order valence-electron chi connectivity index (χ0n) is 13.5. The number of aliphatic hydroxyl groups excluding tert-OH is 1. The molecule has 5 heteroatoms. The van der Waals surface area contributed by atoms with E-state index in [1.807, 2.05) is 6.92 Å². The molecular weight excluding hydrogens is 283 g/mol. The molecule has 1 aromatic carbocycles. The van der Waals surface area contributed by atoms with Gasteiger partial charge in [-0.1, -0.05) is 13.0 Å². The van der Waals surface area contributed by atoms with Crippen molar-refractivity contribution in [1.29, 1.82) is 0 Å². The number of ether oxygens (including phenoxy) is 1. The molecule has 1 heterocycles. The molecule has 4 nitrogen and oxygen atoms in total. The van der Waals surface area contributed by atoms with Crippen molar-refractivity contribution in [3.63, 3.8) is 0 Å². The average molecular weight is 310 g/mol. The Labute approximate surface area is 132 Å². The molecule has 2 unspecified atom stereocenters. The van der Waals surface area contributed by atoms with Crippen LogP contribution in [0.15, 0.2) is 24.3 Å². The highest BCUT2D eigenvalue weighted by molar-refractivity contribution is 5.22. The summed E-state index contributed by atoms with van der Waals surface area (Å²) in [6.45, 7) is 9.13. The number of piperazine rings is 1. The van der Waals surface area contributed by atoms with Gasteiger partial charge in [-0.05, 0) is 25.5 Å². The van der Waals surface area contributed by atoms with Crippen LogP contribution in [0.4, 0.5) is 4.39 Å². The predicted molar refractivity (Wildman–Crippen MR) is 85.7 cm³/mol. The Hall–Kier alpha value is -1.17. The molecule has 0 radical (unpaired) electrons. The Bertz CT molecular complexity index is 456. The molecule has 2 atom stereocenters. The summed E-state index contributed by atoms with van der Waals surface area (Å²) in [6, 6.07) is 6.75. The van der Waals surface area contributed by atoms with Crippen LogP contribution >= 0.6 is 0 Å². The summed E-state index contributed by atoms with van der Waals surface area (Å²) in [6.07, 6.45) is 0.797. The first-order valence-corrected chi connectivity index (χ1v) is 8.11. The van der Waals surface area contributed by atoms with Crippen LogP contribution in [-0.4, -0.2) is 66.4 Å². The number of nitrogens with zero attached hydrogens (tertiary/aromatic N) is 2. The maximum absolute atomic E-state index is 13.1. The van der Waals surface area contributed by atoms with E-state index in [4.69, 9.17) is 4.74 Å². The minimum atomic E-state index is -0.281. The minimum absolute atomic E-state index is 0.268. The first-order valence-electron chi connectivity index (χ1n) is 8.11. The van der Waals surface area contributed by atoms with Gasteiger partial charge in [-0.25, -0.2) is 4.39 Å². The van der Waals surface area contributed by atoms with Gasteiger partial charge in [0.15, 0.2) is 0 Å². The van der Waals surface area contributed by atoms with E-state index < -0.39 is 0 Å². The predicted octanol–water partition coefficient (Wildman–Crippen LogP) is 1.98. The quantitative estimate of drug-likeness (QED) is 0.835. The van der Waals surface area contributed by atoms with Crippen LogP contribution in [0, 0.1) is 5.82 Å². The topological polar surface area (TPSA) is 35.9 Å². The second-order valence-corrected chi connectivity index (χ2v) is 6.01. The van der Waals surface area contributed by atoms with E-state index in [1.165, 1.54) is 12.1 Å².